The van der Waals surface area contributed by atoms with Gasteiger partial charge in [0.25, 0.3) is 11.8 Å². The topological polar surface area (TPSA) is 40.6 Å². The zero-order valence-electron chi connectivity index (χ0n) is 12.7. The summed E-state index contributed by atoms with van der Waals surface area (Å²) in [5.41, 5.74) is 3.36. The molecule has 0 unspecified atom stereocenters. The van der Waals surface area contributed by atoms with Gasteiger partial charge in [0.2, 0.25) is 0 Å². The minimum atomic E-state index is -0.212. The lowest BCUT2D eigenvalue weighted by Crippen LogP contribution is -2.39. The Morgan fingerprint density at radius 2 is 1.45 bits per heavy atom. The van der Waals surface area contributed by atoms with E-state index in [2.05, 4.69) is 24.3 Å². The van der Waals surface area contributed by atoms with Gasteiger partial charge in [-0.15, -0.1) is 0 Å². The van der Waals surface area contributed by atoms with Crippen molar-refractivity contribution in [1.29, 1.82) is 0 Å². The summed E-state index contributed by atoms with van der Waals surface area (Å²) < 4.78 is 0. The smallest absolute Gasteiger partial charge is 0.262 e. The SMILES string of the molecule is Cc1ccc(CN(C)CN2C(=O)c3ccccc3C2=O)cc1. The third-order valence-electron chi connectivity index (χ3n) is 3.83. The summed E-state index contributed by atoms with van der Waals surface area (Å²) in [6.45, 7) is 3.03. The number of rotatable bonds is 4. The molecular formula is C18H18N2O2. The second kappa shape index (κ2) is 5.73. The van der Waals surface area contributed by atoms with E-state index in [0.29, 0.717) is 24.3 Å². The number of carbonyl (C=O) groups excluding carboxylic acids is 2. The van der Waals surface area contributed by atoms with Crippen molar-refractivity contribution >= 4 is 11.8 Å². The Kier molecular flexibility index (Phi) is 3.77. The molecule has 0 bridgehead atoms. The largest absolute Gasteiger partial charge is 0.284 e. The van der Waals surface area contributed by atoms with Crippen molar-refractivity contribution in [3.8, 4) is 0 Å². The Morgan fingerprint density at radius 3 is 2.00 bits per heavy atom. The summed E-state index contributed by atoms with van der Waals surface area (Å²) in [6, 6.07) is 15.2. The lowest BCUT2D eigenvalue weighted by molar-refractivity contribution is 0.0559. The van der Waals surface area contributed by atoms with Crippen LogP contribution in [0.3, 0.4) is 0 Å². The standard InChI is InChI=1S/C18H18N2O2/c1-13-7-9-14(10-8-13)11-19(2)12-20-17(21)15-5-3-4-6-16(15)18(20)22/h3-10H,11-12H2,1-2H3. The Bertz CT molecular complexity index is 687. The molecule has 112 valence electrons. The van der Waals surface area contributed by atoms with Crippen LogP contribution in [0, 0.1) is 6.92 Å². The van der Waals surface area contributed by atoms with E-state index in [1.54, 1.807) is 24.3 Å². The van der Waals surface area contributed by atoms with E-state index < -0.39 is 0 Å². The fourth-order valence-electron chi connectivity index (χ4n) is 2.66. The van der Waals surface area contributed by atoms with Crippen LogP contribution in [0.15, 0.2) is 48.5 Å². The molecule has 2 aromatic rings. The molecule has 0 saturated heterocycles. The molecule has 1 aliphatic rings. The van der Waals surface area contributed by atoms with Crippen LogP contribution in [0.25, 0.3) is 0 Å². The fourth-order valence-corrected chi connectivity index (χ4v) is 2.66. The maximum absolute atomic E-state index is 12.3. The molecule has 0 radical (unpaired) electrons. The summed E-state index contributed by atoms with van der Waals surface area (Å²) in [4.78, 5) is 27.9. The normalized spacial score (nSPS) is 13.9. The first-order valence-electron chi connectivity index (χ1n) is 7.25. The van der Waals surface area contributed by atoms with Crippen LogP contribution in [0.2, 0.25) is 0 Å². The van der Waals surface area contributed by atoms with Gasteiger partial charge in [0.05, 0.1) is 17.8 Å². The van der Waals surface area contributed by atoms with Crippen molar-refractivity contribution < 1.29 is 9.59 Å². The Labute approximate surface area is 130 Å². The van der Waals surface area contributed by atoms with Crippen LogP contribution in [0.1, 0.15) is 31.8 Å². The molecule has 0 aliphatic carbocycles. The highest BCUT2D eigenvalue weighted by molar-refractivity contribution is 6.21. The molecule has 4 nitrogen and oxygen atoms in total. The molecule has 1 aliphatic heterocycles. The third kappa shape index (κ3) is 2.65. The quantitative estimate of drug-likeness (QED) is 0.814. The first-order chi connectivity index (χ1) is 10.6. The van der Waals surface area contributed by atoms with Gasteiger partial charge < -0.3 is 0 Å². The van der Waals surface area contributed by atoms with Gasteiger partial charge in [-0.2, -0.15) is 0 Å². The second-order valence-electron chi connectivity index (χ2n) is 5.73. The van der Waals surface area contributed by atoms with Gasteiger partial charge in [-0.25, -0.2) is 0 Å². The summed E-state index contributed by atoms with van der Waals surface area (Å²) >= 11 is 0. The maximum Gasteiger partial charge on any atom is 0.262 e. The molecule has 0 saturated carbocycles. The number of hydrogen-bond acceptors (Lipinski definition) is 3. The van der Waals surface area contributed by atoms with E-state index >= 15 is 0 Å². The van der Waals surface area contributed by atoms with Crippen molar-refractivity contribution in [2.24, 2.45) is 0 Å². The minimum Gasteiger partial charge on any atom is -0.284 e. The minimum absolute atomic E-state index is 0.212. The molecule has 22 heavy (non-hydrogen) atoms. The molecule has 2 amide bonds. The van der Waals surface area contributed by atoms with E-state index in [9.17, 15) is 9.59 Å². The fraction of sp³-hybridized carbons (Fsp3) is 0.222. The monoisotopic (exact) mass is 294 g/mol. The highest BCUT2D eigenvalue weighted by Crippen LogP contribution is 2.22. The second-order valence-corrected chi connectivity index (χ2v) is 5.73. The maximum atomic E-state index is 12.3. The average molecular weight is 294 g/mol. The molecule has 0 N–H and O–H groups in total. The van der Waals surface area contributed by atoms with Crippen molar-refractivity contribution in [3.05, 3.63) is 70.8 Å². The van der Waals surface area contributed by atoms with Gasteiger partial charge >= 0.3 is 0 Å². The zero-order valence-corrected chi connectivity index (χ0v) is 12.7. The van der Waals surface area contributed by atoms with E-state index in [1.165, 1.54) is 10.5 Å². The summed E-state index contributed by atoms with van der Waals surface area (Å²) in [5.74, 6) is -0.423. The van der Waals surface area contributed by atoms with Crippen molar-refractivity contribution in [3.63, 3.8) is 0 Å². The molecule has 4 heteroatoms. The van der Waals surface area contributed by atoms with Crippen molar-refractivity contribution in [1.82, 2.24) is 9.80 Å². The van der Waals surface area contributed by atoms with E-state index in [-0.39, 0.29) is 11.8 Å². The van der Waals surface area contributed by atoms with Crippen LogP contribution < -0.4 is 0 Å². The number of imide groups is 1. The van der Waals surface area contributed by atoms with Gasteiger partial charge in [0.1, 0.15) is 0 Å². The first kappa shape index (κ1) is 14.5. The molecule has 2 aromatic carbocycles. The van der Waals surface area contributed by atoms with Crippen LogP contribution >= 0.6 is 0 Å². The number of nitrogens with zero attached hydrogens (tertiary/aromatic N) is 2. The predicted octanol–water partition coefficient (Wildman–Crippen LogP) is 2.68. The van der Waals surface area contributed by atoms with Crippen molar-refractivity contribution in [2.75, 3.05) is 13.7 Å². The third-order valence-corrected chi connectivity index (χ3v) is 3.83. The van der Waals surface area contributed by atoms with Crippen LogP contribution in [0.4, 0.5) is 0 Å². The highest BCUT2D eigenvalue weighted by atomic mass is 16.2. The molecule has 0 aromatic heterocycles. The van der Waals surface area contributed by atoms with Crippen LogP contribution in [-0.4, -0.2) is 35.3 Å². The Morgan fingerprint density at radius 1 is 0.909 bits per heavy atom. The Hall–Kier alpha value is -2.46. The number of carbonyl (C=O) groups is 2. The average Bonchev–Trinajstić information content (AvgIpc) is 2.75. The predicted molar refractivity (Wildman–Crippen MR) is 84.5 cm³/mol. The lowest BCUT2D eigenvalue weighted by atomic mass is 10.1. The number of amides is 2. The molecule has 0 fully saturated rings. The van der Waals surface area contributed by atoms with Gasteiger partial charge in [0, 0.05) is 6.54 Å². The number of aryl methyl sites for hydroxylation is 1. The molecule has 3 rings (SSSR count). The number of hydrogen-bond donors (Lipinski definition) is 0. The van der Waals surface area contributed by atoms with Gasteiger partial charge in [-0.3, -0.25) is 19.4 Å². The van der Waals surface area contributed by atoms with E-state index in [1.807, 2.05) is 18.9 Å². The molecular weight excluding hydrogens is 276 g/mol. The summed E-state index contributed by atoms with van der Waals surface area (Å²) in [5, 5.41) is 0. The van der Waals surface area contributed by atoms with E-state index in [4.69, 9.17) is 0 Å². The number of fused-ring (bicyclic) bond motifs is 1. The molecule has 1 heterocycles. The highest BCUT2D eigenvalue weighted by Gasteiger charge is 2.35. The van der Waals surface area contributed by atoms with Gasteiger partial charge in [-0.05, 0) is 31.7 Å². The van der Waals surface area contributed by atoms with Crippen molar-refractivity contribution in [2.45, 2.75) is 13.5 Å². The summed E-state index contributed by atoms with van der Waals surface area (Å²) in [6.07, 6.45) is 0. The lowest BCUT2D eigenvalue weighted by Gasteiger charge is -2.22. The Balaban J connectivity index is 1.70. The molecule has 0 atom stereocenters. The zero-order chi connectivity index (χ0) is 15.7. The van der Waals surface area contributed by atoms with Crippen LogP contribution in [-0.2, 0) is 6.54 Å². The summed E-state index contributed by atoms with van der Waals surface area (Å²) in [7, 11) is 1.91. The first-order valence-corrected chi connectivity index (χ1v) is 7.25. The van der Waals surface area contributed by atoms with Crippen LogP contribution in [0.5, 0.6) is 0 Å². The number of benzene rings is 2. The van der Waals surface area contributed by atoms with Gasteiger partial charge in [0.15, 0.2) is 0 Å². The van der Waals surface area contributed by atoms with E-state index in [0.717, 1.165) is 5.56 Å². The van der Waals surface area contributed by atoms with Gasteiger partial charge in [-0.1, -0.05) is 42.0 Å². The molecule has 0 spiro atoms.